The Bertz CT molecular complexity index is 855. The van der Waals surface area contributed by atoms with Crippen molar-refractivity contribution in [3.63, 3.8) is 0 Å². The lowest BCUT2D eigenvalue weighted by molar-refractivity contribution is -0.120. The van der Waals surface area contributed by atoms with Crippen molar-refractivity contribution in [2.24, 2.45) is 5.92 Å². The number of aromatic nitrogens is 1. The summed E-state index contributed by atoms with van der Waals surface area (Å²) < 4.78 is 26.5. The Labute approximate surface area is 149 Å². The number of rotatable bonds is 4. The molecule has 1 aromatic carbocycles. The summed E-state index contributed by atoms with van der Waals surface area (Å²) in [6, 6.07) is 5.71. The number of benzene rings is 1. The van der Waals surface area contributed by atoms with E-state index in [9.17, 15) is 13.2 Å². The van der Waals surface area contributed by atoms with Crippen molar-refractivity contribution in [1.82, 2.24) is 9.29 Å². The summed E-state index contributed by atoms with van der Waals surface area (Å²) in [4.78, 5) is 16.9. The van der Waals surface area contributed by atoms with Gasteiger partial charge in [-0.25, -0.2) is 17.7 Å². The van der Waals surface area contributed by atoms with E-state index < -0.39 is 10.0 Å². The molecule has 2 aromatic rings. The minimum atomic E-state index is -3.16. The molecule has 0 radical (unpaired) electrons. The molecule has 0 aliphatic carbocycles. The Hall–Kier alpha value is -1.16. The van der Waals surface area contributed by atoms with Crippen molar-refractivity contribution in [3.8, 4) is 0 Å². The van der Waals surface area contributed by atoms with Gasteiger partial charge in [0.1, 0.15) is 0 Å². The predicted molar refractivity (Wildman–Crippen MR) is 99.2 cm³/mol. The minimum Gasteiger partial charge on any atom is -0.326 e. The molecule has 1 aliphatic heterocycles. The smallest absolute Gasteiger partial charge is 0.227 e. The van der Waals surface area contributed by atoms with Crippen LogP contribution in [0.2, 0.25) is 0 Å². The molecule has 0 bridgehead atoms. The third kappa shape index (κ3) is 3.90. The highest BCUT2D eigenvalue weighted by atomic mass is 32.2. The third-order valence-corrected chi connectivity index (χ3v) is 7.41. The molecule has 130 valence electrons. The molecule has 0 saturated carbocycles. The fraction of sp³-hybridized carbons (Fsp3) is 0.467. The summed E-state index contributed by atoms with van der Waals surface area (Å²) in [5, 5.41) is 2.95. The van der Waals surface area contributed by atoms with Crippen LogP contribution in [0.1, 0.15) is 12.8 Å². The second kappa shape index (κ2) is 6.99. The molecule has 24 heavy (non-hydrogen) atoms. The van der Waals surface area contributed by atoms with E-state index in [1.807, 2.05) is 24.5 Å². The van der Waals surface area contributed by atoms with Gasteiger partial charge in [0.05, 0.1) is 16.5 Å². The predicted octanol–water partition coefficient (Wildman–Crippen LogP) is 2.63. The molecule has 2 heterocycles. The Kier molecular flexibility index (Phi) is 5.14. The zero-order chi connectivity index (χ0) is 17.3. The average molecular weight is 386 g/mol. The summed E-state index contributed by atoms with van der Waals surface area (Å²) in [5.41, 5.74) is 1.69. The molecular weight excluding hydrogens is 366 g/mol. The van der Waals surface area contributed by atoms with E-state index >= 15 is 0 Å². The van der Waals surface area contributed by atoms with E-state index in [2.05, 4.69) is 10.3 Å². The summed E-state index contributed by atoms with van der Waals surface area (Å²) in [7, 11) is -3.16. The van der Waals surface area contributed by atoms with Crippen molar-refractivity contribution < 1.29 is 13.2 Å². The first-order valence-corrected chi connectivity index (χ1v) is 11.5. The van der Waals surface area contributed by atoms with Crippen molar-refractivity contribution in [3.05, 3.63) is 18.2 Å². The molecule has 1 fully saturated rings. The number of hydrogen-bond acceptors (Lipinski definition) is 6. The van der Waals surface area contributed by atoms with Gasteiger partial charge in [0.25, 0.3) is 0 Å². The fourth-order valence-electron chi connectivity index (χ4n) is 2.76. The first-order chi connectivity index (χ1) is 11.4. The third-order valence-electron chi connectivity index (χ3n) is 4.10. The second-order valence-corrected chi connectivity index (χ2v) is 9.86. The van der Waals surface area contributed by atoms with Crippen LogP contribution in [0.25, 0.3) is 10.2 Å². The Morgan fingerprint density at radius 1 is 1.38 bits per heavy atom. The number of amides is 1. The molecule has 1 amide bonds. The zero-order valence-electron chi connectivity index (χ0n) is 13.5. The van der Waals surface area contributed by atoms with Crippen LogP contribution < -0.4 is 5.32 Å². The summed E-state index contributed by atoms with van der Waals surface area (Å²) >= 11 is 3.21. The lowest BCUT2D eigenvalue weighted by Crippen LogP contribution is -2.40. The van der Waals surface area contributed by atoms with E-state index in [1.165, 1.54) is 10.6 Å². The number of thiazole rings is 1. The van der Waals surface area contributed by atoms with Crippen molar-refractivity contribution in [2.75, 3.05) is 30.9 Å². The van der Waals surface area contributed by atoms with Crippen LogP contribution in [0.5, 0.6) is 0 Å². The maximum Gasteiger partial charge on any atom is 0.227 e. The van der Waals surface area contributed by atoms with Gasteiger partial charge in [0, 0.05) is 24.7 Å². The number of hydrogen-bond donors (Lipinski definition) is 1. The van der Waals surface area contributed by atoms with Crippen molar-refractivity contribution in [1.29, 1.82) is 0 Å². The highest BCUT2D eigenvalue weighted by molar-refractivity contribution is 8.00. The minimum absolute atomic E-state index is 0.0443. The maximum absolute atomic E-state index is 12.4. The molecule has 1 N–H and O–H groups in total. The number of nitrogens with zero attached hydrogens (tertiary/aromatic N) is 2. The van der Waals surface area contributed by atoms with E-state index in [0.717, 1.165) is 20.2 Å². The van der Waals surface area contributed by atoms with Crippen LogP contribution in [0.3, 0.4) is 0 Å². The Morgan fingerprint density at radius 2 is 2.08 bits per heavy atom. The topological polar surface area (TPSA) is 79.4 Å². The van der Waals surface area contributed by atoms with E-state index in [0.29, 0.717) is 25.9 Å². The van der Waals surface area contributed by atoms with Gasteiger partial charge in [-0.15, -0.1) is 11.3 Å². The van der Waals surface area contributed by atoms with Gasteiger partial charge < -0.3 is 5.32 Å². The van der Waals surface area contributed by atoms with E-state index in [-0.39, 0.29) is 11.8 Å². The molecular formula is C15H19N3O3S3. The van der Waals surface area contributed by atoms with Gasteiger partial charge in [0.15, 0.2) is 4.34 Å². The Morgan fingerprint density at radius 3 is 2.71 bits per heavy atom. The van der Waals surface area contributed by atoms with E-state index in [4.69, 9.17) is 0 Å². The number of piperidine rings is 1. The Balaban J connectivity index is 1.65. The largest absolute Gasteiger partial charge is 0.326 e. The molecule has 0 unspecified atom stereocenters. The first-order valence-electron chi connectivity index (χ1n) is 7.57. The lowest BCUT2D eigenvalue weighted by Gasteiger charge is -2.29. The normalized spacial score (nSPS) is 17.2. The number of carbonyl (C=O) groups is 1. The van der Waals surface area contributed by atoms with Gasteiger partial charge in [0.2, 0.25) is 15.9 Å². The number of carbonyl (C=O) groups excluding carboxylic acids is 1. The second-order valence-electron chi connectivity index (χ2n) is 5.79. The van der Waals surface area contributed by atoms with Gasteiger partial charge in [-0.05, 0) is 37.3 Å². The average Bonchev–Trinajstić information content (AvgIpc) is 2.96. The number of fused-ring (bicyclic) bond motifs is 1. The first kappa shape index (κ1) is 17.7. The standard InChI is InChI=1S/C15H19N3O3S3/c1-22-15-17-12-4-3-11(9-13(12)23-15)16-14(19)10-5-7-18(8-6-10)24(2,20)21/h3-4,9-10H,5-8H2,1-2H3,(H,16,19). The SMILES string of the molecule is CSc1nc2ccc(NC(=O)C3CCN(S(C)(=O)=O)CC3)cc2s1. The molecule has 1 aromatic heterocycles. The number of sulfonamides is 1. The van der Waals surface area contributed by atoms with Crippen LogP contribution >= 0.6 is 23.1 Å². The summed E-state index contributed by atoms with van der Waals surface area (Å²) in [5.74, 6) is -0.195. The van der Waals surface area contributed by atoms with E-state index in [1.54, 1.807) is 23.1 Å². The van der Waals surface area contributed by atoms with Crippen molar-refractivity contribution >= 4 is 54.9 Å². The summed E-state index contributed by atoms with van der Waals surface area (Å²) in [6.45, 7) is 0.809. The molecule has 3 rings (SSSR count). The maximum atomic E-state index is 12.4. The van der Waals surface area contributed by atoms with Gasteiger partial charge in [-0.2, -0.15) is 0 Å². The van der Waals surface area contributed by atoms with Crippen molar-refractivity contribution in [2.45, 2.75) is 17.2 Å². The zero-order valence-corrected chi connectivity index (χ0v) is 15.9. The molecule has 0 atom stereocenters. The van der Waals surface area contributed by atoms with Crippen LogP contribution in [0.4, 0.5) is 5.69 Å². The highest BCUT2D eigenvalue weighted by Crippen LogP contribution is 2.30. The number of thioether (sulfide) groups is 1. The molecule has 6 nitrogen and oxygen atoms in total. The molecule has 1 saturated heterocycles. The summed E-state index contributed by atoms with van der Waals surface area (Å²) in [6.07, 6.45) is 4.31. The van der Waals surface area contributed by atoms with Crippen LogP contribution in [0.15, 0.2) is 22.5 Å². The fourth-order valence-corrected chi connectivity index (χ4v) is 5.17. The molecule has 0 spiro atoms. The van der Waals surface area contributed by atoms with Crippen LogP contribution in [-0.4, -0.2) is 49.2 Å². The molecule has 9 heteroatoms. The number of anilines is 1. The highest BCUT2D eigenvalue weighted by Gasteiger charge is 2.28. The lowest BCUT2D eigenvalue weighted by atomic mass is 9.97. The van der Waals surface area contributed by atoms with Crippen LogP contribution in [-0.2, 0) is 14.8 Å². The quantitative estimate of drug-likeness (QED) is 0.819. The monoisotopic (exact) mass is 385 g/mol. The van der Waals surface area contributed by atoms with Gasteiger partial charge >= 0.3 is 0 Å². The molecule has 1 aliphatic rings. The van der Waals surface area contributed by atoms with Gasteiger partial charge in [-0.1, -0.05) is 11.8 Å². The van der Waals surface area contributed by atoms with Crippen LogP contribution in [0, 0.1) is 5.92 Å². The van der Waals surface area contributed by atoms with Gasteiger partial charge in [-0.3, -0.25) is 4.79 Å². The number of nitrogens with one attached hydrogen (secondary N) is 1.